The van der Waals surface area contributed by atoms with Gasteiger partial charge in [0.1, 0.15) is 0 Å². The first-order valence-corrected chi connectivity index (χ1v) is 23.6. The van der Waals surface area contributed by atoms with Crippen LogP contribution in [0.3, 0.4) is 0 Å². The molecule has 0 amide bonds. The van der Waals surface area contributed by atoms with Gasteiger partial charge in [0.25, 0.3) is 0 Å². The van der Waals surface area contributed by atoms with Crippen LogP contribution < -0.4 is 14.7 Å². The van der Waals surface area contributed by atoms with Crippen molar-refractivity contribution in [2.45, 2.75) is 6.92 Å². The summed E-state index contributed by atoms with van der Waals surface area (Å²) < 4.78 is 2.63. The fourth-order valence-corrected chi connectivity index (χ4v) is 10.7. The maximum Gasteiger partial charge on any atom is 0.0503 e. The van der Waals surface area contributed by atoms with Crippen LogP contribution in [0.25, 0.3) is 52.8 Å². The van der Waals surface area contributed by atoms with Gasteiger partial charge in [0.2, 0.25) is 0 Å². The molecular formula is C63H45N3S. The zero-order valence-corrected chi connectivity index (χ0v) is 37.8. The third-order valence-electron chi connectivity index (χ3n) is 12.8. The Hall–Kier alpha value is -8.44. The van der Waals surface area contributed by atoms with Crippen molar-refractivity contribution in [3.8, 4) is 11.1 Å². The van der Waals surface area contributed by atoms with Crippen LogP contribution in [0, 0.1) is 6.92 Å². The number of thiophene rings is 1. The normalized spacial score (nSPS) is 11.4. The molecule has 0 radical (unpaired) electrons. The maximum atomic E-state index is 2.41. The van der Waals surface area contributed by atoms with Crippen LogP contribution in [0.1, 0.15) is 5.56 Å². The van der Waals surface area contributed by atoms with Gasteiger partial charge in [0, 0.05) is 54.3 Å². The standard InChI is InChI=1S/C63H45N3S/c1-44-15-14-24-54(37-44)66(53-32-27-47(28-33-53)50-31-36-63-61(40-50)60-25-12-13-26-62(60)67-63)59-42-57(64(51-20-4-2-5-21-51)55-34-29-45-16-8-10-18-48(45)38-55)41-58(43-59)65(52-22-6-3-7-23-52)56-35-30-46-17-9-11-19-49(46)39-56/h2-43H,1H3. The summed E-state index contributed by atoms with van der Waals surface area (Å²) in [6.45, 7) is 2.17. The van der Waals surface area contributed by atoms with Crippen LogP contribution in [-0.4, -0.2) is 0 Å². The van der Waals surface area contributed by atoms with Crippen molar-refractivity contribution in [2.75, 3.05) is 14.7 Å². The molecule has 11 aromatic carbocycles. The first-order valence-electron chi connectivity index (χ1n) is 22.8. The quantitative estimate of drug-likeness (QED) is 0.136. The van der Waals surface area contributed by atoms with E-state index in [1.165, 1.54) is 58.4 Å². The molecule has 0 aliphatic carbocycles. The monoisotopic (exact) mass is 875 g/mol. The Morgan fingerprint density at radius 2 is 0.687 bits per heavy atom. The van der Waals surface area contributed by atoms with E-state index in [0.29, 0.717) is 0 Å². The fraction of sp³-hybridized carbons (Fsp3) is 0.0159. The topological polar surface area (TPSA) is 9.72 Å². The number of nitrogens with zero attached hydrogens (tertiary/aromatic N) is 3. The third kappa shape index (κ3) is 7.74. The van der Waals surface area contributed by atoms with E-state index in [4.69, 9.17) is 0 Å². The number of hydrogen-bond acceptors (Lipinski definition) is 4. The number of fused-ring (bicyclic) bond motifs is 5. The van der Waals surface area contributed by atoms with Crippen molar-refractivity contribution in [3.05, 3.63) is 260 Å². The summed E-state index contributed by atoms with van der Waals surface area (Å²) >= 11 is 1.86. The molecule has 318 valence electrons. The molecule has 67 heavy (non-hydrogen) atoms. The summed E-state index contributed by atoms with van der Waals surface area (Å²) in [6, 6.07) is 92.8. The second-order valence-corrected chi connectivity index (χ2v) is 18.2. The van der Waals surface area contributed by atoms with Gasteiger partial charge in [0.15, 0.2) is 0 Å². The minimum Gasteiger partial charge on any atom is -0.310 e. The Morgan fingerprint density at radius 3 is 1.25 bits per heavy atom. The van der Waals surface area contributed by atoms with Gasteiger partial charge >= 0.3 is 0 Å². The summed E-state index contributed by atoms with van der Waals surface area (Å²) in [5, 5.41) is 7.40. The Balaban J connectivity index is 1.08. The number of aryl methyl sites for hydroxylation is 1. The molecule has 4 heteroatoms. The number of anilines is 9. The zero-order chi connectivity index (χ0) is 44.7. The van der Waals surface area contributed by atoms with Gasteiger partial charge in [-0.1, -0.05) is 146 Å². The fourth-order valence-electron chi connectivity index (χ4n) is 9.57. The van der Waals surface area contributed by atoms with Gasteiger partial charge < -0.3 is 14.7 Å². The van der Waals surface area contributed by atoms with Crippen molar-refractivity contribution in [1.82, 2.24) is 0 Å². The predicted octanol–water partition coefficient (Wildman–Crippen LogP) is 18.7. The van der Waals surface area contributed by atoms with Crippen molar-refractivity contribution >= 4 is 104 Å². The molecule has 1 aromatic heterocycles. The van der Waals surface area contributed by atoms with E-state index < -0.39 is 0 Å². The molecule has 0 bridgehead atoms. The van der Waals surface area contributed by atoms with Gasteiger partial charge in [0.05, 0.1) is 17.1 Å². The second kappa shape index (κ2) is 17.2. The highest BCUT2D eigenvalue weighted by Gasteiger charge is 2.23. The summed E-state index contributed by atoms with van der Waals surface area (Å²) in [5.41, 5.74) is 13.1. The third-order valence-corrected chi connectivity index (χ3v) is 13.9. The second-order valence-electron chi connectivity index (χ2n) is 17.1. The molecule has 0 saturated carbocycles. The van der Waals surface area contributed by atoms with E-state index in [1.807, 2.05) is 11.3 Å². The first kappa shape index (κ1) is 40.1. The molecule has 1 heterocycles. The van der Waals surface area contributed by atoms with Gasteiger partial charge in [-0.05, 0) is 154 Å². The maximum absolute atomic E-state index is 2.41. The Bertz CT molecular complexity index is 3590. The van der Waals surface area contributed by atoms with E-state index >= 15 is 0 Å². The van der Waals surface area contributed by atoms with Crippen LogP contribution in [0.15, 0.2) is 255 Å². The molecule has 0 fully saturated rings. The lowest BCUT2D eigenvalue weighted by atomic mass is 10.0. The van der Waals surface area contributed by atoms with Crippen molar-refractivity contribution in [3.63, 3.8) is 0 Å². The van der Waals surface area contributed by atoms with Crippen molar-refractivity contribution in [1.29, 1.82) is 0 Å². The van der Waals surface area contributed by atoms with Crippen LogP contribution >= 0.6 is 11.3 Å². The van der Waals surface area contributed by atoms with E-state index in [2.05, 4.69) is 276 Å². The highest BCUT2D eigenvalue weighted by molar-refractivity contribution is 7.25. The van der Waals surface area contributed by atoms with Crippen LogP contribution in [0.4, 0.5) is 51.2 Å². The SMILES string of the molecule is Cc1cccc(N(c2ccc(-c3ccc4sc5ccccc5c4c3)cc2)c2cc(N(c3ccccc3)c3ccc4ccccc4c3)cc(N(c3ccccc3)c3ccc4ccccc4c3)c2)c1. The lowest BCUT2D eigenvalue weighted by molar-refractivity contribution is 1.22. The van der Waals surface area contributed by atoms with E-state index in [1.54, 1.807) is 0 Å². The average Bonchev–Trinajstić information content (AvgIpc) is 3.76. The molecule has 0 atom stereocenters. The number of para-hydroxylation sites is 2. The summed E-state index contributed by atoms with van der Waals surface area (Å²) in [4.78, 5) is 7.20. The lowest BCUT2D eigenvalue weighted by Gasteiger charge is -2.33. The molecule has 3 nitrogen and oxygen atoms in total. The molecule has 0 saturated heterocycles. The molecule has 0 unspecified atom stereocenters. The average molecular weight is 876 g/mol. The van der Waals surface area contributed by atoms with Crippen molar-refractivity contribution in [2.24, 2.45) is 0 Å². The molecular weight excluding hydrogens is 831 g/mol. The highest BCUT2D eigenvalue weighted by Crippen LogP contribution is 2.47. The van der Waals surface area contributed by atoms with E-state index in [0.717, 1.165) is 51.2 Å². The smallest absolute Gasteiger partial charge is 0.0503 e. The van der Waals surface area contributed by atoms with Gasteiger partial charge in [-0.15, -0.1) is 11.3 Å². The van der Waals surface area contributed by atoms with Gasteiger partial charge in [-0.2, -0.15) is 0 Å². The van der Waals surface area contributed by atoms with Crippen LogP contribution in [0.5, 0.6) is 0 Å². The zero-order valence-electron chi connectivity index (χ0n) is 37.0. The number of rotatable bonds is 10. The Morgan fingerprint density at radius 1 is 0.254 bits per heavy atom. The Labute approximate surface area is 395 Å². The van der Waals surface area contributed by atoms with E-state index in [9.17, 15) is 0 Å². The predicted molar refractivity (Wildman–Crippen MR) is 289 cm³/mol. The highest BCUT2D eigenvalue weighted by atomic mass is 32.1. The minimum atomic E-state index is 1.03. The first-order chi connectivity index (χ1) is 33.1. The Kier molecular flexibility index (Phi) is 10.3. The summed E-state index contributed by atoms with van der Waals surface area (Å²) in [7, 11) is 0. The molecule has 12 rings (SSSR count). The number of hydrogen-bond donors (Lipinski definition) is 0. The molecule has 0 spiro atoms. The van der Waals surface area contributed by atoms with Crippen molar-refractivity contribution < 1.29 is 0 Å². The summed E-state index contributed by atoms with van der Waals surface area (Å²) in [6.07, 6.45) is 0. The lowest BCUT2D eigenvalue weighted by Crippen LogP contribution is -2.16. The van der Waals surface area contributed by atoms with Crippen LogP contribution in [-0.2, 0) is 0 Å². The molecule has 0 N–H and O–H groups in total. The molecule has 0 aliphatic rings. The largest absolute Gasteiger partial charge is 0.310 e. The number of benzene rings is 11. The van der Waals surface area contributed by atoms with Gasteiger partial charge in [-0.25, -0.2) is 0 Å². The summed E-state index contributed by atoms with van der Waals surface area (Å²) in [5.74, 6) is 0. The van der Waals surface area contributed by atoms with Crippen LogP contribution in [0.2, 0.25) is 0 Å². The molecule has 12 aromatic rings. The molecule has 0 aliphatic heterocycles. The minimum absolute atomic E-state index is 1.03. The van der Waals surface area contributed by atoms with Gasteiger partial charge in [-0.3, -0.25) is 0 Å². The van der Waals surface area contributed by atoms with E-state index in [-0.39, 0.29) is 0 Å².